The third-order valence-corrected chi connectivity index (χ3v) is 2.95. The van der Waals surface area contributed by atoms with Gasteiger partial charge in [0.1, 0.15) is 0 Å². The van der Waals surface area contributed by atoms with Gasteiger partial charge in [-0.05, 0) is 43.5 Å². The zero-order valence-electron chi connectivity index (χ0n) is 8.79. The lowest BCUT2D eigenvalue weighted by molar-refractivity contribution is 0.0696. The molecule has 1 atom stereocenters. The number of benzene rings is 1. The van der Waals surface area contributed by atoms with Crippen molar-refractivity contribution in [1.29, 1.82) is 0 Å². The Balaban J connectivity index is 2.33. The van der Waals surface area contributed by atoms with Gasteiger partial charge in [-0.15, -0.1) is 0 Å². The maximum absolute atomic E-state index is 11.0. The molecule has 1 heterocycles. The van der Waals surface area contributed by atoms with Gasteiger partial charge < -0.3 is 10.4 Å². The number of aromatic carboxylic acids is 1. The Morgan fingerprint density at radius 1 is 1.53 bits per heavy atom. The van der Waals surface area contributed by atoms with Gasteiger partial charge in [-0.2, -0.15) is 0 Å². The minimum absolute atomic E-state index is 0.337. The summed E-state index contributed by atoms with van der Waals surface area (Å²) in [5.74, 6) is -0.840. The number of carboxylic acids is 1. The molecule has 1 unspecified atom stereocenters. The van der Waals surface area contributed by atoms with Crippen molar-refractivity contribution in [3.05, 3.63) is 34.9 Å². The number of rotatable bonds is 2. The first-order valence-electron chi connectivity index (χ1n) is 5.25. The van der Waals surface area contributed by atoms with E-state index in [0.29, 0.717) is 11.6 Å². The van der Waals surface area contributed by atoms with Crippen molar-refractivity contribution in [3.63, 3.8) is 0 Å². The van der Waals surface area contributed by atoms with Crippen molar-refractivity contribution in [1.82, 2.24) is 5.32 Å². The molecule has 0 radical (unpaired) electrons. The van der Waals surface area contributed by atoms with Gasteiger partial charge in [-0.1, -0.05) is 12.1 Å². The Bertz CT molecular complexity index is 381. The van der Waals surface area contributed by atoms with Crippen LogP contribution in [0.1, 0.15) is 40.4 Å². The van der Waals surface area contributed by atoms with Crippen LogP contribution >= 0.6 is 0 Å². The molecule has 1 fully saturated rings. The largest absolute Gasteiger partial charge is 0.478 e. The fourth-order valence-electron chi connectivity index (χ4n) is 2.06. The average molecular weight is 205 g/mol. The quantitative estimate of drug-likeness (QED) is 0.777. The summed E-state index contributed by atoms with van der Waals surface area (Å²) in [6, 6.07) is 6.04. The molecule has 0 spiro atoms. The zero-order valence-corrected chi connectivity index (χ0v) is 8.79. The molecule has 1 aromatic rings. The van der Waals surface area contributed by atoms with E-state index in [0.717, 1.165) is 24.1 Å². The van der Waals surface area contributed by atoms with Crippen LogP contribution in [-0.2, 0) is 0 Å². The van der Waals surface area contributed by atoms with Crippen molar-refractivity contribution >= 4 is 5.97 Å². The van der Waals surface area contributed by atoms with E-state index in [2.05, 4.69) is 5.32 Å². The SMILES string of the molecule is Cc1ccc(C2CCCN2)cc1C(=O)O. The van der Waals surface area contributed by atoms with E-state index in [4.69, 9.17) is 5.11 Å². The summed E-state index contributed by atoms with van der Waals surface area (Å²) < 4.78 is 0. The van der Waals surface area contributed by atoms with Gasteiger partial charge in [-0.25, -0.2) is 4.79 Å². The van der Waals surface area contributed by atoms with Gasteiger partial charge in [0.05, 0.1) is 5.56 Å². The van der Waals surface area contributed by atoms with Gasteiger partial charge in [0, 0.05) is 6.04 Å². The minimum Gasteiger partial charge on any atom is -0.478 e. The number of nitrogens with one attached hydrogen (secondary N) is 1. The van der Waals surface area contributed by atoms with E-state index in [1.54, 1.807) is 6.07 Å². The molecule has 0 saturated carbocycles. The summed E-state index contributed by atoms with van der Waals surface area (Å²) in [5.41, 5.74) is 2.33. The van der Waals surface area contributed by atoms with E-state index in [-0.39, 0.29) is 0 Å². The van der Waals surface area contributed by atoms with Crippen molar-refractivity contribution < 1.29 is 9.90 Å². The number of aryl methyl sites for hydroxylation is 1. The molecule has 2 rings (SSSR count). The highest BCUT2D eigenvalue weighted by Crippen LogP contribution is 2.24. The number of carbonyl (C=O) groups is 1. The maximum Gasteiger partial charge on any atom is 0.335 e. The average Bonchev–Trinajstić information content (AvgIpc) is 2.71. The molecule has 3 nitrogen and oxygen atoms in total. The van der Waals surface area contributed by atoms with Crippen LogP contribution in [0, 0.1) is 6.92 Å². The molecule has 0 bridgehead atoms. The summed E-state index contributed by atoms with van der Waals surface area (Å²) in [4.78, 5) is 11.0. The second-order valence-corrected chi connectivity index (χ2v) is 4.03. The highest BCUT2D eigenvalue weighted by atomic mass is 16.4. The predicted octanol–water partition coefficient (Wildman–Crippen LogP) is 2.12. The first-order chi connectivity index (χ1) is 7.18. The lowest BCUT2D eigenvalue weighted by Gasteiger charge is -2.12. The van der Waals surface area contributed by atoms with E-state index in [9.17, 15) is 4.79 Å². The van der Waals surface area contributed by atoms with Crippen molar-refractivity contribution in [2.24, 2.45) is 0 Å². The Hall–Kier alpha value is -1.35. The Morgan fingerprint density at radius 2 is 2.33 bits per heavy atom. The Kier molecular flexibility index (Phi) is 2.73. The lowest BCUT2D eigenvalue weighted by Crippen LogP contribution is -2.13. The molecule has 1 aromatic carbocycles. The molecule has 0 aromatic heterocycles. The Morgan fingerprint density at radius 3 is 2.93 bits per heavy atom. The van der Waals surface area contributed by atoms with Gasteiger partial charge in [0.15, 0.2) is 0 Å². The molecule has 1 saturated heterocycles. The van der Waals surface area contributed by atoms with Crippen LogP contribution in [0.25, 0.3) is 0 Å². The highest BCUT2D eigenvalue weighted by Gasteiger charge is 2.18. The third-order valence-electron chi connectivity index (χ3n) is 2.95. The molecular weight excluding hydrogens is 190 g/mol. The van der Waals surface area contributed by atoms with Crippen LogP contribution in [0.15, 0.2) is 18.2 Å². The molecule has 3 heteroatoms. The smallest absolute Gasteiger partial charge is 0.335 e. The van der Waals surface area contributed by atoms with Crippen LogP contribution in [-0.4, -0.2) is 17.6 Å². The molecule has 80 valence electrons. The number of hydrogen-bond donors (Lipinski definition) is 2. The Labute approximate surface area is 89.1 Å². The molecule has 15 heavy (non-hydrogen) atoms. The van der Waals surface area contributed by atoms with Crippen molar-refractivity contribution in [3.8, 4) is 0 Å². The summed E-state index contributed by atoms with van der Waals surface area (Å²) in [7, 11) is 0. The standard InChI is InChI=1S/C12H15NO2/c1-8-4-5-9(7-10(8)12(14)15)11-3-2-6-13-11/h4-5,7,11,13H,2-3,6H2,1H3,(H,14,15). The number of hydrogen-bond acceptors (Lipinski definition) is 2. The van der Waals surface area contributed by atoms with Gasteiger partial charge in [0.2, 0.25) is 0 Å². The fourth-order valence-corrected chi connectivity index (χ4v) is 2.06. The second-order valence-electron chi connectivity index (χ2n) is 4.03. The normalized spacial score (nSPS) is 20.5. The van der Waals surface area contributed by atoms with Crippen LogP contribution in [0.4, 0.5) is 0 Å². The van der Waals surface area contributed by atoms with E-state index >= 15 is 0 Å². The second kappa shape index (κ2) is 4.03. The zero-order chi connectivity index (χ0) is 10.8. The summed E-state index contributed by atoms with van der Waals surface area (Å²) in [6.45, 7) is 2.86. The maximum atomic E-state index is 11.0. The fraction of sp³-hybridized carbons (Fsp3) is 0.417. The van der Waals surface area contributed by atoms with Crippen LogP contribution in [0.2, 0.25) is 0 Å². The van der Waals surface area contributed by atoms with Gasteiger partial charge in [-0.3, -0.25) is 0 Å². The van der Waals surface area contributed by atoms with E-state index in [1.165, 1.54) is 6.42 Å². The molecular formula is C12H15NO2. The molecule has 2 N–H and O–H groups in total. The van der Waals surface area contributed by atoms with Gasteiger partial charge >= 0.3 is 5.97 Å². The topological polar surface area (TPSA) is 49.3 Å². The lowest BCUT2D eigenvalue weighted by atomic mass is 9.99. The van der Waals surface area contributed by atoms with Gasteiger partial charge in [0.25, 0.3) is 0 Å². The van der Waals surface area contributed by atoms with Crippen LogP contribution in [0.5, 0.6) is 0 Å². The van der Waals surface area contributed by atoms with Crippen LogP contribution in [0.3, 0.4) is 0 Å². The molecule has 0 aliphatic carbocycles. The van der Waals surface area contributed by atoms with Crippen molar-refractivity contribution in [2.75, 3.05) is 6.54 Å². The molecule has 1 aliphatic heterocycles. The number of carboxylic acid groups (broad SMARTS) is 1. The predicted molar refractivity (Wildman–Crippen MR) is 58.1 cm³/mol. The minimum atomic E-state index is -0.840. The first-order valence-corrected chi connectivity index (χ1v) is 5.25. The van der Waals surface area contributed by atoms with Crippen molar-refractivity contribution in [2.45, 2.75) is 25.8 Å². The summed E-state index contributed by atoms with van der Waals surface area (Å²) >= 11 is 0. The summed E-state index contributed by atoms with van der Waals surface area (Å²) in [5, 5.41) is 12.4. The van der Waals surface area contributed by atoms with E-state index < -0.39 is 5.97 Å². The highest BCUT2D eigenvalue weighted by molar-refractivity contribution is 5.89. The monoisotopic (exact) mass is 205 g/mol. The molecule has 1 aliphatic rings. The van der Waals surface area contributed by atoms with Crippen LogP contribution < -0.4 is 5.32 Å². The van der Waals surface area contributed by atoms with E-state index in [1.807, 2.05) is 19.1 Å². The first kappa shape index (κ1) is 10.2. The third kappa shape index (κ3) is 2.02. The summed E-state index contributed by atoms with van der Waals surface area (Å²) in [6.07, 6.45) is 2.27. The molecule has 0 amide bonds.